The molecule has 3 unspecified atom stereocenters. The van der Waals surface area contributed by atoms with E-state index in [2.05, 4.69) is 6.07 Å². The summed E-state index contributed by atoms with van der Waals surface area (Å²) >= 11 is 0. The molecule has 10 heteroatoms. The Hall–Kier alpha value is -3.96. The second-order valence-electron chi connectivity index (χ2n) is 11.3. The van der Waals surface area contributed by atoms with Gasteiger partial charge in [-0.05, 0) is 45.7 Å². The molecule has 0 saturated carbocycles. The summed E-state index contributed by atoms with van der Waals surface area (Å²) in [6.45, 7) is 2.00. The van der Waals surface area contributed by atoms with E-state index in [1.54, 1.807) is 0 Å². The van der Waals surface area contributed by atoms with Crippen molar-refractivity contribution in [1.82, 2.24) is 4.90 Å². The van der Waals surface area contributed by atoms with Gasteiger partial charge < -0.3 is 24.2 Å². The first-order valence-corrected chi connectivity index (χ1v) is 16.8. The standard InChI is InChI=1S/C35H39NO8S/c1-45(39,40)44-25-31-21-36(35(37)38)22-33(43-24-27-12-13-28-10-5-6-11-30(28)20-27)34(31)29-14-16-32(17-15-29)42-19-7-18-41-23-26-8-3-2-4-9-26/h2-6,8-17,20,31,33-34H,7,18-19,21-25H2,1H3,(H,37,38). The smallest absolute Gasteiger partial charge is 0.407 e. The van der Waals surface area contributed by atoms with Gasteiger partial charge in [-0.1, -0.05) is 78.9 Å². The lowest BCUT2D eigenvalue weighted by Crippen LogP contribution is -2.52. The van der Waals surface area contributed by atoms with Crippen LogP contribution in [0.4, 0.5) is 4.79 Å². The average molecular weight is 634 g/mol. The second kappa shape index (κ2) is 15.4. The molecule has 0 aromatic heterocycles. The molecule has 1 amide bonds. The van der Waals surface area contributed by atoms with E-state index >= 15 is 0 Å². The zero-order valence-electron chi connectivity index (χ0n) is 25.3. The molecule has 1 aliphatic heterocycles. The van der Waals surface area contributed by atoms with Crippen molar-refractivity contribution in [3.05, 3.63) is 114 Å². The summed E-state index contributed by atoms with van der Waals surface area (Å²) in [7, 11) is -3.74. The molecule has 3 atom stereocenters. The first kappa shape index (κ1) is 32.4. The summed E-state index contributed by atoms with van der Waals surface area (Å²) in [5.74, 6) is -0.0784. The highest BCUT2D eigenvalue weighted by Gasteiger charge is 2.41. The van der Waals surface area contributed by atoms with Crippen LogP contribution in [-0.2, 0) is 37.0 Å². The largest absolute Gasteiger partial charge is 0.494 e. The van der Waals surface area contributed by atoms with Crippen molar-refractivity contribution in [2.45, 2.75) is 31.7 Å². The number of likely N-dealkylation sites (tertiary alicyclic amines) is 1. The third-order valence-electron chi connectivity index (χ3n) is 7.89. The highest BCUT2D eigenvalue weighted by atomic mass is 32.2. The topological polar surface area (TPSA) is 112 Å². The van der Waals surface area contributed by atoms with E-state index in [4.69, 9.17) is 18.4 Å². The summed E-state index contributed by atoms with van der Waals surface area (Å²) in [6, 6.07) is 31.8. The van der Waals surface area contributed by atoms with E-state index in [1.807, 2.05) is 91.0 Å². The fourth-order valence-electron chi connectivity index (χ4n) is 5.71. The predicted octanol–water partition coefficient (Wildman–Crippen LogP) is 6.08. The molecular formula is C35H39NO8S. The number of amides is 1. The number of benzene rings is 4. The summed E-state index contributed by atoms with van der Waals surface area (Å²) in [6.07, 6.45) is 0.0982. The molecule has 1 aliphatic rings. The van der Waals surface area contributed by atoms with Crippen molar-refractivity contribution in [3.8, 4) is 5.75 Å². The number of nitrogens with zero attached hydrogens (tertiary/aromatic N) is 1. The second-order valence-corrected chi connectivity index (χ2v) is 12.9. The fourth-order valence-corrected chi connectivity index (χ4v) is 6.13. The van der Waals surface area contributed by atoms with Crippen LogP contribution in [0.3, 0.4) is 0 Å². The minimum absolute atomic E-state index is 0.118. The van der Waals surface area contributed by atoms with Gasteiger partial charge in [0.05, 0.1) is 51.9 Å². The lowest BCUT2D eigenvalue weighted by atomic mass is 9.79. The first-order valence-electron chi connectivity index (χ1n) is 15.0. The third-order valence-corrected chi connectivity index (χ3v) is 8.45. The van der Waals surface area contributed by atoms with E-state index in [9.17, 15) is 18.3 Å². The van der Waals surface area contributed by atoms with Crippen LogP contribution < -0.4 is 4.74 Å². The van der Waals surface area contributed by atoms with E-state index < -0.39 is 28.2 Å². The highest BCUT2D eigenvalue weighted by molar-refractivity contribution is 7.85. The fraction of sp³-hybridized carbons (Fsp3) is 0.343. The quantitative estimate of drug-likeness (QED) is 0.131. The highest BCUT2D eigenvalue weighted by Crippen LogP contribution is 2.37. The Morgan fingerprint density at radius 3 is 2.31 bits per heavy atom. The van der Waals surface area contributed by atoms with Crippen molar-refractivity contribution in [1.29, 1.82) is 0 Å². The first-order chi connectivity index (χ1) is 21.7. The molecular weight excluding hydrogens is 594 g/mol. The molecule has 238 valence electrons. The van der Waals surface area contributed by atoms with Crippen molar-refractivity contribution in [2.75, 3.05) is 39.2 Å². The monoisotopic (exact) mass is 633 g/mol. The molecule has 5 rings (SSSR count). The summed E-state index contributed by atoms with van der Waals surface area (Å²) in [5, 5.41) is 12.1. The Kier molecular flexibility index (Phi) is 11.1. The van der Waals surface area contributed by atoms with Crippen LogP contribution in [0.25, 0.3) is 10.8 Å². The zero-order valence-corrected chi connectivity index (χ0v) is 26.1. The average Bonchev–Trinajstić information content (AvgIpc) is 3.04. The maximum atomic E-state index is 12.1. The normalized spacial score (nSPS) is 18.6. The van der Waals surface area contributed by atoms with Crippen molar-refractivity contribution in [2.24, 2.45) is 5.92 Å². The summed E-state index contributed by atoms with van der Waals surface area (Å²) in [4.78, 5) is 13.4. The number of hydrogen-bond acceptors (Lipinski definition) is 7. The van der Waals surface area contributed by atoms with Gasteiger partial charge in [0.1, 0.15) is 5.75 Å². The van der Waals surface area contributed by atoms with Gasteiger partial charge in [0.15, 0.2) is 0 Å². The Bertz CT molecular complexity index is 1650. The maximum Gasteiger partial charge on any atom is 0.407 e. The van der Waals surface area contributed by atoms with Crippen LogP contribution in [0.15, 0.2) is 97.1 Å². The van der Waals surface area contributed by atoms with Crippen LogP contribution in [0.2, 0.25) is 0 Å². The molecule has 1 saturated heterocycles. The van der Waals surface area contributed by atoms with Gasteiger partial charge >= 0.3 is 6.09 Å². The molecule has 0 radical (unpaired) electrons. The molecule has 4 aromatic carbocycles. The Morgan fingerprint density at radius 2 is 1.58 bits per heavy atom. The lowest BCUT2D eigenvalue weighted by molar-refractivity contribution is -0.0460. The molecule has 0 aliphatic carbocycles. The molecule has 1 fully saturated rings. The number of carboxylic acid groups (broad SMARTS) is 1. The molecule has 1 N–H and O–H groups in total. The van der Waals surface area contributed by atoms with E-state index in [1.165, 1.54) is 4.90 Å². The van der Waals surface area contributed by atoms with Gasteiger partial charge in [0.2, 0.25) is 0 Å². The minimum Gasteiger partial charge on any atom is -0.494 e. The number of fused-ring (bicyclic) bond motifs is 1. The van der Waals surface area contributed by atoms with Gasteiger partial charge in [0, 0.05) is 24.8 Å². The molecule has 0 bridgehead atoms. The van der Waals surface area contributed by atoms with Gasteiger partial charge in [-0.2, -0.15) is 8.42 Å². The molecule has 1 heterocycles. The van der Waals surface area contributed by atoms with Crippen molar-refractivity contribution < 1.29 is 36.7 Å². The van der Waals surface area contributed by atoms with Crippen LogP contribution in [0.5, 0.6) is 5.75 Å². The van der Waals surface area contributed by atoms with Crippen LogP contribution in [0, 0.1) is 5.92 Å². The molecule has 0 spiro atoms. The van der Waals surface area contributed by atoms with Crippen LogP contribution >= 0.6 is 0 Å². The third kappa shape index (κ3) is 9.51. The molecule has 4 aromatic rings. The van der Waals surface area contributed by atoms with Gasteiger partial charge in [-0.25, -0.2) is 4.79 Å². The van der Waals surface area contributed by atoms with Gasteiger partial charge in [-0.3, -0.25) is 4.18 Å². The maximum absolute atomic E-state index is 12.1. The van der Waals surface area contributed by atoms with Gasteiger partial charge in [0.25, 0.3) is 10.1 Å². The summed E-state index contributed by atoms with van der Waals surface area (Å²) < 4.78 is 47.1. The van der Waals surface area contributed by atoms with Crippen molar-refractivity contribution in [3.63, 3.8) is 0 Å². The number of hydrogen-bond donors (Lipinski definition) is 1. The molecule has 9 nitrogen and oxygen atoms in total. The Morgan fingerprint density at radius 1 is 0.844 bits per heavy atom. The number of piperidine rings is 1. The Labute approximate surface area is 264 Å². The summed E-state index contributed by atoms with van der Waals surface area (Å²) in [5.41, 5.74) is 2.98. The van der Waals surface area contributed by atoms with E-state index in [-0.39, 0.29) is 32.2 Å². The van der Waals surface area contributed by atoms with Gasteiger partial charge in [-0.15, -0.1) is 0 Å². The lowest BCUT2D eigenvalue weighted by Gasteiger charge is -2.42. The van der Waals surface area contributed by atoms with E-state index in [0.717, 1.165) is 40.1 Å². The Balaban J connectivity index is 1.26. The van der Waals surface area contributed by atoms with Crippen LogP contribution in [-0.4, -0.2) is 69.8 Å². The number of carbonyl (C=O) groups is 1. The minimum atomic E-state index is -3.74. The molecule has 45 heavy (non-hydrogen) atoms. The number of rotatable bonds is 14. The van der Waals surface area contributed by atoms with Crippen molar-refractivity contribution >= 4 is 27.0 Å². The zero-order chi connectivity index (χ0) is 31.6. The SMILES string of the molecule is CS(=O)(=O)OCC1CN(C(=O)O)CC(OCc2ccc3ccccc3c2)C1c1ccc(OCCCOCc2ccccc2)cc1. The predicted molar refractivity (Wildman–Crippen MR) is 172 cm³/mol. The number of ether oxygens (including phenoxy) is 3. The van der Waals surface area contributed by atoms with E-state index in [0.29, 0.717) is 25.6 Å². The van der Waals surface area contributed by atoms with Crippen LogP contribution in [0.1, 0.15) is 29.0 Å².